The fourth-order valence-electron chi connectivity index (χ4n) is 3.25. The second-order valence-corrected chi connectivity index (χ2v) is 12.8. The van der Waals surface area contributed by atoms with Gasteiger partial charge in [0.15, 0.2) is 0 Å². The largest absolute Gasteiger partial charge is 0.123 e. The lowest BCUT2D eigenvalue weighted by Gasteiger charge is -2.14. The summed E-state index contributed by atoms with van der Waals surface area (Å²) in [7, 11) is 1.97. The summed E-state index contributed by atoms with van der Waals surface area (Å²) in [6, 6.07) is 31.7. The van der Waals surface area contributed by atoms with E-state index in [0.717, 1.165) is 0 Å². The maximum atomic E-state index is 3.89. The molecule has 0 bridgehead atoms. The normalized spacial score (nSPS) is 11.0. The minimum atomic E-state index is 0.650. The van der Waals surface area contributed by atoms with Crippen LogP contribution < -0.4 is 31.1 Å². The Morgan fingerprint density at radius 3 is 1.16 bits per heavy atom. The fraction of sp³-hybridized carbons (Fsp3) is 0.111. The highest BCUT2D eigenvalue weighted by Crippen LogP contribution is 2.04. The third-order valence-corrected chi connectivity index (χ3v) is 10.3. The van der Waals surface area contributed by atoms with E-state index in [1.165, 1.54) is 52.3 Å². The first-order valence-corrected chi connectivity index (χ1v) is 14.1. The van der Waals surface area contributed by atoms with Crippen molar-refractivity contribution in [1.29, 1.82) is 0 Å². The van der Waals surface area contributed by atoms with Gasteiger partial charge in [0, 0.05) is 4.47 Å². The van der Waals surface area contributed by atoms with Crippen molar-refractivity contribution in [3.05, 3.63) is 106 Å². The molecule has 31 heavy (non-hydrogen) atoms. The average Bonchev–Trinajstić information content (AvgIpc) is 2.76. The van der Waals surface area contributed by atoms with Crippen LogP contribution in [0.5, 0.6) is 0 Å². The van der Waals surface area contributed by atoms with Crippen molar-refractivity contribution < 1.29 is 0 Å². The molecule has 0 aliphatic heterocycles. The molecule has 4 heteroatoms. The smallest absolute Gasteiger partial charge is 0.0630 e. The van der Waals surface area contributed by atoms with Gasteiger partial charge in [-0.25, -0.2) is 0 Å². The van der Waals surface area contributed by atoms with Gasteiger partial charge in [-0.2, -0.15) is 0 Å². The first-order chi connectivity index (χ1) is 15.0. The zero-order chi connectivity index (χ0) is 21.8. The Morgan fingerprint density at radius 1 is 0.452 bits per heavy atom. The molecule has 0 spiro atoms. The number of halogens is 1. The van der Waals surface area contributed by atoms with Gasteiger partial charge in [0.1, 0.15) is 28.6 Å². The average molecular weight is 512 g/mol. The van der Waals surface area contributed by atoms with E-state index in [1.807, 2.05) is 0 Å². The molecule has 0 unspecified atom stereocenters. The Kier molecular flexibility index (Phi) is 7.23. The molecule has 4 aromatic carbocycles. The maximum Gasteiger partial charge on any atom is 0.123 e. The van der Waals surface area contributed by atoms with Crippen molar-refractivity contribution in [2.75, 3.05) is 0 Å². The summed E-state index contributed by atoms with van der Waals surface area (Å²) in [5.41, 5.74) is 3.93. The van der Waals surface area contributed by atoms with Crippen molar-refractivity contribution in [1.82, 2.24) is 0 Å². The molecule has 6 radical (unpaired) electrons. The third-order valence-electron chi connectivity index (χ3n) is 5.10. The molecule has 0 nitrogen and oxygen atoms in total. The molecule has 0 amide bonds. The van der Waals surface area contributed by atoms with Crippen LogP contribution in [0.4, 0.5) is 0 Å². The molecule has 4 rings (SSSR count). The van der Waals surface area contributed by atoms with E-state index >= 15 is 0 Å². The molecular weight excluding hydrogens is 488 g/mol. The summed E-state index contributed by atoms with van der Waals surface area (Å²) in [6.07, 6.45) is 0. The number of hydrogen-bond donors (Lipinski definition) is 0. The van der Waals surface area contributed by atoms with Crippen LogP contribution in [-0.2, 0) is 0 Å². The van der Waals surface area contributed by atoms with Crippen molar-refractivity contribution in [2.24, 2.45) is 0 Å². The molecule has 0 aromatic heterocycles. The number of benzene rings is 4. The Hall–Kier alpha value is -1.99. The highest BCUT2D eigenvalue weighted by molar-refractivity contribution is 9.10. The third kappa shape index (κ3) is 6.04. The second-order valence-electron chi connectivity index (χ2n) is 7.85. The van der Waals surface area contributed by atoms with Gasteiger partial charge in [-0.1, -0.05) is 137 Å². The molecule has 0 N–H and O–H groups in total. The fourth-order valence-corrected chi connectivity index (χ4v) is 7.81. The maximum absolute atomic E-state index is 3.89. The summed E-state index contributed by atoms with van der Waals surface area (Å²) in [6.45, 7) is 6.44. The molecule has 0 fully saturated rings. The van der Waals surface area contributed by atoms with E-state index in [4.69, 9.17) is 0 Å². The molecule has 4 aromatic rings. The van der Waals surface area contributed by atoms with Crippen molar-refractivity contribution in [3.63, 3.8) is 0 Å². The number of hydrogen-bond acceptors (Lipinski definition) is 0. The highest BCUT2D eigenvalue weighted by Gasteiger charge is 2.13. The van der Waals surface area contributed by atoms with Gasteiger partial charge in [0.25, 0.3) is 0 Å². The first-order valence-electron chi connectivity index (χ1n) is 10.3. The minimum Gasteiger partial charge on any atom is -0.0630 e. The first kappa shape index (κ1) is 22.2. The van der Waals surface area contributed by atoms with Gasteiger partial charge in [0.05, 0.1) is 0 Å². The molecular formula is C27H23BrSi3. The van der Waals surface area contributed by atoms with Crippen LogP contribution in [0.15, 0.2) is 89.4 Å². The van der Waals surface area contributed by atoms with Crippen molar-refractivity contribution in [2.45, 2.75) is 20.8 Å². The van der Waals surface area contributed by atoms with E-state index in [1.54, 1.807) is 0 Å². The van der Waals surface area contributed by atoms with E-state index in [2.05, 4.69) is 122 Å². The Bertz CT molecular complexity index is 1170. The monoisotopic (exact) mass is 510 g/mol. The van der Waals surface area contributed by atoms with Crippen LogP contribution in [0.1, 0.15) is 16.7 Å². The molecule has 0 saturated heterocycles. The van der Waals surface area contributed by atoms with Crippen LogP contribution in [0.3, 0.4) is 0 Å². The zero-order valence-electron chi connectivity index (χ0n) is 18.0. The summed E-state index contributed by atoms with van der Waals surface area (Å²) < 4.78 is 1.22. The summed E-state index contributed by atoms with van der Waals surface area (Å²) in [4.78, 5) is 0. The van der Waals surface area contributed by atoms with Gasteiger partial charge in [-0.05, 0) is 32.0 Å². The molecule has 0 atom stereocenters. The highest BCUT2D eigenvalue weighted by atomic mass is 79.9. The number of rotatable bonds is 6. The quantitative estimate of drug-likeness (QED) is 0.349. The van der Waals surface area contributed by atoms with Crippen LogP contribution in [0, 0.1) is 20.8 Å². The van der Waals surface area contributed by atoms with E-state index in [-0.39, 0.29) is 0 Å². The molecule has 150 valence electrons. The summed E-state index contributed by atoms with van der Waals surface area (Å²) in [5.74, 6) is 0. The van der Waals surface area contributed by atoms with E-state index in [9.17, 15) is 0 Å². The van der Waals surface area contributed by atoms with Crippen molar-refractivity contribution in [3.8, 4) is 0 Å². The second kappa shape index (κ2) is 10.1. The van der Waals surface area contributed by atoms with Gasteiger partial charge >= 0.3 is 0 Å². The molecule has 0 heterocycles. The topological polar surface area (TPSA) is 0 Å². The van der Waals surface area contributed by atoms with Crippen LogP contribution in [0.2, 0.25) is 0 Å². The Balaban J connectivity index is 1.69. The minimum absolute atomic E-state index is 0.650. The summed E-state index contributed by atoms with van der Waals surface area (Å²) in [5, 5.41) is 8.45. The van der Waals surface area contributed by atoms with Crippen LogP contribution in [-0.4, -0.2) is 28.6 Å². The predicted molar refractivity (Wildman–Crippen MR) is 143 cm³/mol. The van der Waals surface area contributed by atoms with E-state index in [0.29, 0.717) is 28.6 Å². The standard InChI is InChI=1S/C27H23BrSi3/c1-18-4-10-21(11-5-18)29-25-17-27(31-23-14-8-20(3)9-15-23)26(16-24(25)28)30-22-12-6-19(2)7-13-22/h4-17H,1-3H3. The van der Waals surface area contributed by atoms with Crippen LogP contribution in [0.25, 0.3) is 0 Å². The Morgan fingerprint density at radius 2 is 0.774 bits per heavy atom. The zero-order valence-corrected chi connectivity index (χ0v) is 22.5. The SMILES string of the molecule is Cc1ccc([Si]c2cc([Si]c3ccc(C)cc3)c([Si]c3ccc(C)cc3)cc2Br)cc1. The van der Waals surface area contributed by atoms with E-state index < -0.39 is 0 Å². The van der Waals surface area contributed by atoms with Gasteiger partial charge in [0.2, 0.25) is 0 Å². The molecule has 0 aliphatic rings. The number of aryl methyl sites for hydroxylation is 3. The lowest BCUT2D eigenvalue weighted by Crippen LogP contribution is -2.47. The Labute approximate surface area is 201 Å². The van der Waals surface area contributed by atoms with Gasteiger partial charge in [-0.15, -0.1) is 0 Å². The summed E-state index contributed by atoms with van der Waals surface area (Å²) >= 11 is 3.89. The van der Waals surface area contributed by atoms with Gasteiger partial charge < -0.3 is 0 Å². The lowest BCUT2D eigenvalue weighted by atomic mass is 10.2. The predicted octanol–water partition coefficient (Wildman–Crippen LogP) is 2.34. The van der Waals surface area contributed by atoms with Crippen LogP contribution >= 0.6 is 15.9 Å². The molecule has 0 saturated carbocycles. The van der Waals surface area contributed by atoms with Gasteiger partial charge in [-0.3, -0.25) is 0 Å². The van der Waals surface area contributed by atoms with Crippen molar-refractivity contribution >= 4 is 75.6 Å². The lowest BCUT2D eigenvalue weighted by molar-refractivity contribution is 1.49. The molecule has 0 aliphatic carbocycles.